The number of aliphatic hydroxyl groups excluding tert-OH is 1. The standard InChI is InChI=1S/C19H19N3O3/c1-13-7-9-22-17(10-13)21-11-16(19(22)25)18(24)20-8-6-14-2-4-15(12-23)5-3-14/h2-5,7,9-11,23H,6,8,12H2,1H3,(H,20,24). The van der Waals surface area contributed by atoms with Gasteiger partial charge in [-0.3, -0.25) is 14.0 Å². The van der Waals surface area contributed by atoms with Crippen molar-refractivity contribution in [2.24, 2.45) is 0 Å². The lowest BCUT2D eigenvalue weighted by Gasteiger charge is -2.07. The minimum absolute atomic E-state index is 0.00937. The van der Waals surface area contributed by atoms with Crippen LogP contribution in [0, 0.1) is 6.92 Å². The normalized spacial score (nSPS) is 10.8. The number of aliphatic hydroxyl groups is 1. The van der Waals surface area contributed by atoms with Gasteiger partial charge in [-0.25, -0.2) is 4.98 Å². The highest BCUT2D eigenvalue weighted by Gasteiger charge is 2.12. The van der Waals surface area contributed by atoms with Crippen LogP contribution in [-0.2, 0) is 13.0 Å². The Labute approximate surface area is 144 Å². The number of benzene rings is 1. The van der Waals surface area contributed by atoms with Gasteiger partial charge in [-0.05, 0) is 42.2 Å². The first kappa shape index (κ1) is 16.9. The van der Waals surface area contributed by atoms with Crippen LogP contribution in [0.25, 0.3) is 5.65 Å². The lowest BCUT2D eigenvalue weighted by Crippen LogP contribution is -2.32. The van der Waals surface area contributed by atoms with Crippen molar-refractivity contribution in [3.05, 3.63) is 81.4 Å². The minimum Gasteiger partial charge on any atom is -0.392 e. The molecule has 6 nitrogen and oxygen atoms in total. The largest absolute Gasteiger partial charge is 0.392 e. The highest BCUT2D eigenvalue weighted by Crippen LogP contribution is 2.05. The van der Waals surface area contributed by atoms with E-state index < -0.39 is 5.91 Å². The molecule has 1 aromatic carbocycles. The number of carbonyl (C=O) groups is 1. The number of hydrogen-bond donors (Lipinski definition) is 2. The summed E-state index contributed by atoms with van der Waals surface area (Å²) in [6, 6.07) is 11.1. The number of pyridine rings is 1. The molecule has 6 heteroatoms. The molecule has 0 fully saturated rings. The Balaban J connectivity index is 1.68. The average Bonchev–Trinajstić information content (AvgIpc) is 2.62. The van der Waals surface area contributed by atoms with Crippen LogP contribution in [0.3, 0.4) is 0 Å². The van der Waals surface area contributed by atoms with Crippen molar-refractivity contribution in [1.29, 1.82) is 0 Å². The SMILES string of the molecule is Cc1ccn2c(=O)c(C(=O)NCCc3ccc(CO)cc3)cnc2c1. The summed E-state index contributed by atoms with van der Waals surface area (Å²) in [6.07, 6.45) is 3.58. The van der Waals surface area contributed by atoms with Crippen LogP contribution in [0.5, 0.6) is 0 Å². The number of hydrogen-bond acceptors (Lipinski definition) is 4. The predicted molar refractivity (Wildman–Crippen MR) is 94.6 cm³/mol. The second-order valence-electron chi connectivity index (χ2n) is 5.89. The van der Waals surface area contributed by atoms with Gasteiger partial charge >= 0.3 is 0 Å². The molecule has 0 bridgehead atoms. The van der Waals surface area contributed by atoms with Gasteiger partial charge in [-0.1, -0.05) is 24.3 Å². The fourth-order valence-electron chi connectivity index (χ4n) is 2.56. The van der Waals surface area contributed by atoms with Gasteiger partial charge in [0.25, 0.3) is 11.5 Å². The third kappa shape index (κ3) is 3.75. The van der Waals surface area contributed by atoms with E-state index in [4.69, 9.17) is 5.11 Å². The van der Waals surface area contributed by atoms with Crippen molar-refractivity contribution in [1.82, 2.24) is 14.7 Å². The first-order chi connectivity index (χ1) is 12.1. The maximum Gasteiger partial charge on any atom is 0.270 e. The lowest BCUT2D eigenvalue weighted by molar-refractivity contribution is 0.0952. The number of aryl methyl sites for hydroxylation is 1. The third-order valence-electron chi connectivity index (χ3n) is 4.01. The van der Waals surface area contributed by atoms with Crippen LogP contribution in [0.4, 0.5) is 0 Å². The summed E-state index contributed by atoms with van der Waals surface area (Å²) in [6.45, 7) is 2.34. The molecule has 0 spiro atoms. The van der Waals surface area contributed by atoms with Gasteiger partial charge < -0.3 is 10.4 Å². The number of nitrogens with one attached hydrogen (secondary N) is 1. The van der Waals surface area contributed by atoms with Crippen molar-refractivity contribution in [2.75, 3.05) is 6.54 Å². The van der Waals surface area contributed by atoms with Gasteiger partial charge in [0.15, 0.2) is 0 Å². The van der Waals surface area contributed by atoms with Crippen molar-refractivity contribution in [2.45, 2.75) is 20.0 Å². The monoisotopic (exact) mass is 337 g/mol. The van der Waals surface area contributed by atoms with E-state index in [0.717, 1.165) is 16.7 Å². The van der Waals surface area contributed by atoms with Crippen LogP contribution in [0.1, 0.15) is 27.0 Å². The van der Waals surface area contributed by atoms with Crippen LogP contribution < -0.4 is 10.9 Å². The lowest BCUT2D eigenvalue weighted by atomic mass is 10.1. The molecule has 2 aromatic heterocycles. The molecule has 0 atom stereocenters. The smallest absolute Gasteiger partial charge is 0.270 e. The fourth-order valence-corrected chi connectivity index (χ4v) is 2.56. The number of aromatic nitrogens is 2. The molecule has 0 radical (unpaired) electrons. The van der Waals surface area contributed by atoms with Crippen LogP contribution in [0.15, 0.2) is 53.6 Å². The van der Waals surface area contributed by atoms with E-state index in [9.17, 15) is 9.59 Å². The highest BCUT2D eigenvalue weighted by atomic mass is 16.3. The van der Waals surface area contributed by atoms with E-state index >= 15 is 0 Å². The highest BCUT2D eigenvalue weighted by molar-refractivity contribution is 5.93. The quantitative estimate of drug-likeness (QED) is 0.738. The second kappa shape index (κ2) is 7.27. The number of rotatable bonds is 5. The first-order valence-corrected chi connectivity index (χ1v) is 8.03. The topological polar surface area (TPSA) is 83.7 Å². The Hall–Kier alpha value is -2.99. The van der Waals surface area contributed by atoms with E-state index in [1.807, 2.05) is 31.2 Å². The van der Waals surface area contributed by atoms with Gasteiger partial charge in [0.1, 0.15) is 11.2 Å². The summed E-state index contributed by atoms with van der Waals surface area (Å²) in [7, 11) is 0. The number of amides is 1. The molecule has 3 rings (SSSR count). The van der Waals surface area contributed by atoms with Gasteiger partial charge in [0.2, 0.25) is 0 Å². The average molecular weight is 337 g/mol. The maximum absolute atomic E-state index is 12.4. The Morgan fingerprint density at radius 1 is 1.20 bits per heavy atom. The molecular weight excluding hydrogens is 318 g/mol. The Morgan fingerprint density at radius 2 is 1.92 bits per heavy atom. The number of nitrogens with zero attached hydrogens (tertiary/aromatic N) is 2. The summed E-state index contributed by atoms with van der Waals surface area (Å²) in [5.41, 5.74) is 3.05. The zero-order chi connectivity index (χ0) is 17.8. The van der Waals surface area contributed by atoms with E-state index in [1.54, 1.807) is 18.3 Å². The predicted octanol–water partition coefficient (Wildman–Crippen LogP) is 1.47. The third-order valence-corrected chi connectivity index (χ3v) is 4.01. The number of fused-ring (bicyclic) bond motifs is 1. The molecule has 0 saturated heterocycles. The van der Waals surface area contributed by atoms with Gasteiger partial charge in [-0.15, -0.1) is 0 Å². The molecule has 0 unspecified atom stereocenters. The molecule has 0 aliphatic heterocycles. The molecule has 3 aromatic rings. The molecule has 25 heavy (non-hydrogen) atoms. The Kier molecular flexibility index (Phi) is 4.90. The van der Waals surface area contributed by atoms with Crippen molar-refractivity contribution in [3.63, 3.8) is 0 Å². The second-order valence-corrected chi connectivity index (χ2v) is 5.89. The summed E-state index contributed by atoms with van der Waals surface area (Å²) < 4.78 is 1.37. The summed E-state index contributed by atoms with van der Waals surface area (Å²) >= 11 is 0. The van der Waals surface area contributed by atoms with Crippen molar-refractivity contribution >= 4 is 11.6 Å². The van der Waals surface area contributed by atoms with E-state index in [-0.39, 0.29) is 17.7 Å². The molecule has 2 heterocycles. The molecule has 1 amide bonds. The molecule has 128 valence electrons. The minimum atomic E-state index is -0.431. The van der Waals surface area contributed by atoms with Crippen molar-refractivity contribution in [3.8, 4) is 0 Å². The molecular formula is C19H19N3O3. The van der Waals surface area contributed by atoms with Crippen molar-refractivity contribution < 1.29 is 9.90 Å². The molecule has 0 aliphatic rings. The van der Waals surface area contributed by atoms with Crippen LogP contribution >= 0.6 is 0 Å². The zero-order valence-corrected chi connectivity index (χ0v) is 13.9. The van der Waals surface area contributed by atoms with Crippen LogP contribution in [0.2, 0.25) is 0 Å². The van der Waals surface area contributed by atoms with E-state index in [0.29, 0.717) is 18.6 Å². The van der Waals surface area contributed by atoms with Crippen LogP contribution in [-0.4, -0.2) is 26.9 Å². The zero-order valence-electron chi connectivity index (χ0n) is 13.9. The molecule has 2 N–H and O–H groups in total. The number of carbonyl (C=O) groups excluding carboxylic acids is 1. The maximum atomic E-state index is 12.4. The van der Waals surface area contributed by atoms with E-state index in [1.165, 1.54) is 10.6 Å². The van der Waals surface area contributed by atoms with Gasteiger partial charge in [0, 0.05) is 18.9 Å². The van der Waals surface area contributed by atoms with Gasteiger partial charge in [0.05, 0.1) is 6.61 Å². The molecule has 0 aliphatic carbocycles. The summed E-state index contributed by atoms with van der Waals surface area (Å²) in [5.74, 6) is -0.431. The Morgan fingerprint density at radius 3 is 2.64 bits per heavy atom. The Bertz CT molecular complexity index is 962. The molecule has 0 saturated carbocycles. The first-order valence-electron chi connectivity index (χ1n) is 8.03. The van der Waals surface area contributed by atoms with E-state index in [2.05, 4.69) is 10.3 Å². The van der Waals surface area contributed by atoms with Gasteiger partial charge in [-0.2, -0.15) is 0 Å². The summed E-state index contributed by atoms with van der Waals surface area (Å²) in [4.78, 5) is 28.9. The summed E-state index contributed by atoms with van der Waals surface area (Å²) in [5, 5.41) is 11.8. The fraction of sp³-hybridized carbons (Fsp3) is 0.211.